The molecule has 5 rings (SSSR count). The molecule has 2 aromatic heterocycles. The molecule has 0 unspecified atom stereocenters. The molecule has 2 aliphatic rings. The third-order valence-corrected chi connectivity index (χ3v) is 6.90. The molecule has 0 radical (unpaired) electrons. The van der Waals surface area contributed by atoms with Gasteiger partial charge >= 0.3 is 0 Å². The van der Waals surface area contributed by atoms with Crippen molar-refractivity contribution in [1.82, 2.24) is 9.97 Å². The Kier molecular flexibility index (Phi) is 5.91. The fourth-order valence-corrected chi connectivity index (χ4v) is 5.03. The van der Waals surface area contributed by atoms with Gasteiger partial charge in [-0.2, -0.15) is 5.26 Å². The average Bonchev–Trinajstić information content (AvgIpc) is 3.07. The molecule has 0 bridgehead atoms. The van der Waals surface area contributed by atoms with Crippen LogP contribution in [0.5, 0.6) is 5.75 Å². The van der Waals surface area contributed by atoms with Gasteiger partial charge in [0.05, 0.1) is 18.5 Å². The number of nitriles is 1. The molecule has 1 saturated carbocycles. The molecule has 35 heavy (non-hydrogen) atoms. The number of aryl methyl sites for hydroxylation is 1. The van der Waals surface area contributed by atoms with Gasteiger partial charge in [-0.25, -0.2) is 9.37 Å². The van der Waals surface area contributed by atoms with Crippen molar-refractivity contribution in [2.75, 3.05) is 16.4 Å². The Morgan fingerprint density at radius 1 is 1.20 bits per heavy atom. The van der Waals surface area contributed by atoms with E-state index in [0.29, 0.717) is 41.9 Å². The Hall–Kier alpha value is -3.90. The van der Waals surface area contributed by atoms with Crippen molar-refractivity contribution < 1.29 is 13.9 Å². The van der Waals surface area contributed by atoms with Crippen molar-refractivity contribution in [3.63, 3.8) is 0 Å². The largest absolute Gasteiger partial charge is 0.490 e. The second-order valence-electron chi connectivity index (χ2n) is 8.65. The number of ether oxygens (including phenoxy) is 1. The Balaban J connectivity index is 1.40. The quantitative estimate of drug-likeness (QED) is 0.474. The second kappa shape index (κ2) is 9.04. The minimum atomic E-state index is -0.841. The summed E-state index contributed by atoms with van der Waals surface area (Å²) in [5.41, 5.74) is 1.97. The molecule has 3 heterocycles. The highest BCUT2D eigenvalue weighted by Gasteiger charge is 2.59. The predicted octanol–water partition coefficient (Wildman–Crippen LogP) is 4.48. The van der Waals surface area contributed by atoms with E-state index in [9.17, 15) is 10.1 Å². The molecular formula is C26H22FN5O2S. The number of thiocarbonyl (C=S) groups is 1. The molecular weight excluding hydrogens is 465 g/mol. The zero-order valence-corrected chi connectivity index (χ0v) is 19.9. The molecule has 176 valence electrons. The number of pyridine rings is 2. The lowest BCUT2D eigenvalue weighted by atomic mass is 9.75. The summed E-state index contributed by atoms with van der Waals surface area (Å²) in [5, 5.41) is 9.45. The Bertz CT molecular complexity index is 1350. The van der Waals surface area contributed by atoms with E-state index in [2.05, 4.69) is 9.97 Å². The van der Waals surface area contributed by atoms with E-state index < -0.39 is 11.4 Å². The standard InChI is InChI=1S/C26H22FN5O2S/c1-17-13-20(16-30-22(17)15-28)31-24(33)26(9-4-10-26)32(25(31)35)19-6-7-23(21(27)14-19)34-12-8-18-5-2-3-11-29-18/h2-3,5-7,11,13-14,16H,4,8-10,12H2,1H3. The third-order valence-electron chi connectivity index (χ3n) is 6.54. The number of carbonyl (C=O) groups excluding carboxylic acids is 1. The smallest absolute Gasteiger partial charge is 0.259 e. The number of hydrogen-bond donors (Lipinski definition) is 0. The molecule has 0 atom stereocenters. The summed E-state index contributed by atoms with van der Waals surface area (Å²) in [4.78, 5) is 25.2. The lowest BCUT2D eigenvalue weighted by Crippen LogP contribution is -2.55. The molecule has 1 aromatic carbocycles. The van der Waals surface area contributed by atoms with E-state index in [-0.39, 0.29) is 23.4 Å². The zero-order valence-electron chi connectivity index (χ0n) is 19.1. The van der Waals surface area contributed by atoms with Crippen LogP contribution in [0.25, 0.3) is 0 Å². The Morgan fingerprint density at radius 2 is 2.03 bits per heavy atom. The first-order chi connectivity index (χ1) is 16.9. The van der Waals surface area contributed by atoms with Gasteiger partial charge in [-0.15, -0.1) is 0 Å². The van der Waals surface area contributed by atoms with E-state index in [4.69, 9.17) is 17.0 Å². The van der Waals surface area contributed by atoms with Crippen LogP contribution in [0.15, 0.2) is 54.9 Å². The van der Waals surface area contributed by atoms with E-state index >= 15 is 4.39 Å². The minimum absolute atomic E-state index is 0.132. The number of carbonyl (C=O) groups is 1. The number of anilines is 2. The van der Waals surface area contributed by atoms with Crippen LogP contribution >= 0.6 is 12.2 Å². The summed E-state index contributed by atoms with van der Waals surface area (Å²) in [6, 6.07) is 14.0. The number of benzene rings is 1. The number of rotatable bonds is 6. The SMILES string of the molecule is Cc1cc(N2C(=O)C3(CCC3)N(c3ccc(OCCc4ccccn4)c(F)c3)C2=S)cnc1C#N. The first kappa shape index (κ1) is 22.9. The number of nitrogens with zero attached hydrogens (tertiary/aromatic N) is 5. The normalized spacial score (nSPS) is 16.4. The van der Waals surface area contributed by atoms with Gasteiger partial charge in [-0.05, 0) is 74.3 Å². The molecule has 7 nitrogen and oxygen atoms in total. The average molecular weight is 488 g/mol. The van der Waals surface area contributed by atoms with Crippen LogP contribution in [0.2, 0.25) is 0 Å². The summed E-state index contributed by atoms with van der Waals surface area (Å²) in [6.07, 6.45) is 5.86. The van der Waals surface area contributed by atoms with Crippen molar-refractivity contribution in [1.29, 1.82) is 5.26 Å². The van der Waals surface area contributed by atoms with Gasteiger partial charge in [0.25, 0.3) is 5.91 Å². The number of aromatic nitrogens is 2. The van der Waals surface area contributed by atoms with Crippen molar-refractivity contribution >= 4 is 34.6 Å². The summed E-state index contributed by atoms with van der Waals surface area (Å²) in [5.74, 6) is -0.550. The minimum Gasteiger partial charge on any atom is -0.490 e. The molecule has 1 saturated heterocycles. The molecule has 9 heteroatoms. The first-order valence-electron chi connectivity index (χ1n) is 11.3. The van der Waals surface area contributed by atoms with Crippen LogP contribution < -0.4 is 14.5 Å². The number of hydrogen-bond acceptors (Lipinski definition) is 6. The topological polar surface area (TPSA) is 82.3 Å². The van der Waals surface area contributed by atoms with Crippen LogP contribution in [0.4, 0.5) is 15.8 Å². The highest BCUT2D eigenvalue weighted by atomic mass is 32.1. The summed E-state index contributed by atoms with van der Waals surface area (Å²) >= 11 is 5.73. The van der Waals surface area contributed by atoms with Gasteiger partial charge in [0.1, 0.15) is 17.3 Å². The first-order valence-corrected chi connectivity index (χ1v) is 11.7. The molecule has 3 aromatic rings. The maximum Gasteiger partial charge on any atom is 0.259 e. The van der Waals surface area contributed by atoms with E-state index in [1.54, 1.807) is 36.2 Å². The fraction of sp³-hybridized carbons (Fsp3) is 0.269. The fourth-order valence-electron chi connectivity index (χ4n) is 4.56. The van der Waals surface area contributed by atoms with Crippen molar-refractivity contribution in [3.8, 4) is 11.8 Å². The molecule has 0 N–H and O–H groups in total. The maximum absolute atomic E-state index is 15.0. The van der Waals surface area contributed by atoms with Gasteiger partial charge in [-0.3, -0.25) is 14.7 Å². The van der Waals surface area contributed by atoms with Crippen LogP contribution in [0, 0.1) is 24.1 Å². The lowest BCUT2D eigenvalue weighted by Gasteiger charge is -2.43. The van der Waals surface area contributed by atoms with E-state index in [0.717, 1.165) is 12.1 Å². The van der Waals surface area contributed by atoms with Crippen LogP contribution in [-0.2, 0) is 11.2 Å². The number of halogens is 1. The van der Waals surface area contributed by atoms with E-state index in [1.165, 1.54) is 17.2 Å². The third kappa shape index (κ3) is 3.90. The number of amides is 1. The molecule has 1 aliphatic carbocycles. The molecule has 1 aliphatic heterocycles. The van der Waals surface area contributed by atoms with Crippen molar-refractivity contribution in [2.45, 2.75) is 38.1 Å². The van der Waals surface area contributed by atoms with Gasteiger partial charge < -0.3 is 9.64 Å². The van der Waals surface area contributed by atoms with Gasteiger partial charge in [0.2, 0.25) is 0 Å². The summed E-state index contributed by atoms with van der Waals surface area (Å²) in [7, 11) is 0. The van der Waals surface area contributed by atoms with E-state index in [1.807, 2.05) is 24.3 Å². The summed E-state index contributed by atoms with van der Waals surface area (Å²) in [6.45, 7) is 2.05. The van der Waals surface area contributed by atoms with Gasteiger partial charge in [0, 0.05) is 30.1 Å². The van der Waals surface area contributed by atoms with Gasteiger partial charge in [-0.1, -0.05) is 6.07 Å². The Morgan fingerprint density at radius 3 is 2.66 bits per heavy atom. The van der Waals surface area contributed by atoms with Gasteiger partial charge in [0.15, 0.2) is 16.7 Å². The van der Waals surface area contributed by atoms with Crippen molar-refractivity contribution in [3.05, 3.63) is 77.6 Å². The van der Waals surface area contributed by atoms with Crippen LogP contribution in [0.1, 0.15) is 36.2 Å². The molecule has 1 amide bonds. The Labute approximate surface area is 207 Å². The molecule has 2 fully saturated rings. The van der Waals surface area contributed by atoms with Crippen LogP contribution in [0.3, 0.4) is 0 Å². The second-order valence-corrected chi connectivity index (χ2v) is 9.01. The zero-order chi connectivity index (χ0) is 24.6. The highest BCUT2D eigenvalue weighted by molar-refractivity contribution is 7.81. The maximum atomic E-state index is 15.0. The summed E-state index contributed by atoms with van der Waals surface area (Å²) < 4.78 is 20.7. The molecule has 1 spiro atoms. The van der Waals surface area contributed by atoms with Crippen LogP contribution in [-0.4, -0.2) is 33.1 Å². The van der Waals surface area contributed by atoms with Crippen molar-refractivity contribution in [2.24, 2.45) is 0 Å². The predicted molar refractivity (Wildman–Crippen MR) is 133 cm³/mol. The monoisotopic (exact) mass is 487 g/mol. The highest BCUT2D eigenvalue weighted by Crippen LogP contribution is 2.48. The lowest BCUT2D eigenvalue weighted by molar-refractivity contribution is -0.123.